The van der Waals surface area contributed by atoms with Crippen molar-refractivity contribution < 1.29 is 13.2 Å². The third-order valence-corrected chi connectivity index (χ3v) is 4.62. The highest BCUT2D eigenvalue weighted by atomic mass is 32.2. The van der Waals surface area contributed by atoms with Crippen molar-refractivity contribution in [3.05, 3.63) is 30.4 Å². The third-order valence-electron chi connectivity index (χ3n) is 2.98. The van der Waals surface area contributed by atoms with Gasteiger partial charge in [0.15, 0.2) is 9.84 Å². The Balaban J connectivity index is 2.41. The highest BCUT2D eigenvalue weighted by Crippen LogP contribution is 2.28. The predicted molar refractivity (Wildman–Crippen MR) is 78.7 cm³/mol. The number of methoxy groups -OCH3 is 1. The average molecular weight is 310 g/mol. The highest BCUT2D eigenvalue weighted by Gasteiger charge is 2.23. The third kappa shape index (κ3) is 3.15. The summed E-state index contributed by atoms with van der Waals surface area (Å²) in [5, 5.41) is 4.04. The Kier molecular flexibility index (Phi) is 4.17. The first kappa shape index (κ1) is 15.3. The van der Waals surface area contributed by atoms with Crippen LogP contribution >= 0.6 is 0 Å². The van der Waals surface area contributed by atoms with Gasteiger partial charge in [-0.25, -0.2) is 18.1 Å². The monoisotopic (exact) mass is 310 g/mol. The normalized spacial score (nSPS) is 11.8. The van der Waals surface area contributed by atoms with Gasteiger partial charge in [-0.1, -0.05) is 0 Å². The smallest absolute Gasteiger partial charge is 0.189 e. The fourth-order valence-corrected chi connectivity index (χ4v) is 3.42. The van der Waals surface area contributed by atoms with Gasteiger partial charge < -0.3 is 10.5 Å². The van der Waals surface area contributed by atoms with Crippen molar-refractivity contribution in [2.45, 2.75) is 30.5 Å². The van der Waals surface area contributed by atoms with E-state index in [0.29, 0.717) is 11.5 Å². The van der Waals surface area contributed by atoms with Crippen molar-refractivity contribution in [3.8, 4) is 5.75 Å². The van der Waals surface area contributed by atoms with E-state index in [2.05, 4.69) is 10.1 Å². The summed E-state index contributed by atoms with van der Waals surface area (Å²) in [4.78, 5) is 4.12. The molecule has 2 aromatic rings. The quantitative estimate of drug-likeness (QED) is 0.838. The number of sulfone groups is 1. The van der Waals surface area contributed by atoms with Gasteiger partial charge in [0, 0.05) is 17.8 Å². The summed E-state index contributed by atoms with van der Waals surface area (Å²) in [6.45, 7) is 3.82. The van der Waals surface area contributed by atoms with E-state index in [1.165, 1.54) is 31.6 Å². The van der Waals surface area contributed by atoms with E-state index in [0.717, 1.165) is 0 Å². The first-order chi connectivity index (χ1) is 9.85. The number of hydrogen-bond acceptors (Lipinski definition) is 6. The molecule has 2 rings (SSSR count). The molecule has 114 valence electrons. The average Bonchev–Trinajstić information content (AvgIpc) is 2.85. The second kappa shape index (κ2) is 5.72. The SMILES string of the molecule is COc1cc(N)ccc1S(=O)(=O)Cc1ncnn1C(C)C. The minimum absolute atomic E-state index is 0.0333. The molecule has 1 aromatic heterocycles. The van der Waals surface area contributed by atoms with Crippen LogP contribution in [0.15, 0.2) is 29.4 Å². The lowest BCUT2D eigenvalue weighted by Crippen LogP contribution is -2.14. The van der Waals surface area contributed by atoms with E-state index in [1.54, 1.807) is 4.68 Å². The Morgan fingerprint density at radius 3 is 2.71 bits per heavy atom. The number of rotatable bonds is 5. The molecule has 1 aromatic carbocycles. The number of nitrogens with two attached hydrogens (primary N) is 1. The number of nitrogen functional groups attached to an aromatic ring is 1. The zero-order chi connectivity index (χ0) is 15.6. The van der Waals surface area contributed by atoms with Crippen molar-refractivity contribution in [1.82, 2.24) is 14.8 Å². The van der Waals surface area contributed by atoms with E-state index in [9.17, 15) is 8.42 Å². The summed E-state index contributed by atoms with van der Waals surface area (Å²) in [5.74, 6) is 0.375. The van der Waals surface area contributed by atoms with Gasteiger partial charge >= 0.3 is 0 Å². The molecule has 21 heavy (non-hydrogen) atoms. The standard InChI is InChI=1S/C13H18N4O3S/c1-9(2)17-13(15-8-16-17)7-21(18,19)12-5-4-10(14)6-11(12)20-3/h4-6,8-9H,7,14H2,1-3H3. The summed E-state index contributed by atoms with van der Waals surface area (Å²) in [5.41, 5.74) is 6.09. The van der Waals surface area contributed by atoms with Crippen LogP contribution in [0.3, 0.4) is 0 Å². The molecule has 0 amide bonds. The number of anilines is 1. The van der Waals surface area contributed by atoms with Crippen molar-refractivity contribution in [3.63, 3.8) is 0 Å². The molecule has 0 spiro atoms. The molecule has 2 N–H and O–H groups in total. The Labute approximate surface area is 123 Å². The lowest BCUT2D eigenvalue weighted by atomic mass is 10.3. The van der Waals surface area contributed by atoms with Crippen LogP contribution in [0.5, 0.6) is 5.75 Å². The molecule has 0 saturated carbocycles. The van der Waals surface area contributed by atoms with Gasteiger partial charge in [0.25, 0.3) is 0 Å². The topological polar surface area (TPSA) is 100 Å². The number of hydrogen-bond donors (Lipinski definition) is 1. The summed E-state index contributed by atoms with van der Waals surface area (Å²) >= 11 is 0. The summed E-state index contributed by atoms with van der Waals surface area (Å²) < 4.78 is 31.8. The first-order valence-electron chi connectivity index (χ1n) is 6.40. The van der Waals surface area contributed by atoms with Gasteiger partial charge in [0.1, 0.15) is 28.5 Å². The molecular weight excluding hydrogens is 292 g/mol. The molecule has 8 heteroatoms. The highest BCUT2D eigenvalue weighted by molar-refractivity contribution is 7.90. The van der Waals surface area contributed by atoms with Gasteiger partial charge in [0.2, 0.25) is 0 Å². The minimum atomic E-state index is -3.60. The zero-order valence-corrected chi connectivity index (χ0v) is 13.0. The van der Waals surface area contributed by atoms with E-state index < -0.39 is 9.84 Å². The van der Waals surface area contributed by atoms with Crippen LogP contribution in [-0.4, -0.2) is 30.3 Å². The lowest BCUT2D eigenvalue weighted by Gasteiger charge is -2.12. The van der Waals surface area contributed by atoms with Crippen LogP contribution in [0, 0.1) is 0 Å². The molecule has 0 unspecified atom stereocenters. The first-order valence-corrected chi connectivity index (χ1v) is 8.05. The van der Waals surface area contributed by atoms with Crippen molar-refractivity contribution in [2.24, 2.45) is 0 Å². The van der Waals surface area contributed by atoms with Gasteiger partial charge in [0.05, 0.1) is 7.11 Å². The number of aromatic nitrogens is 3. The van der Waals surface area contributed by atoms with Gasteiger partial charge in [-0.15, -0.1) is 0 Å². The molecule has 0 fully saturated rings. The van der Waals surface area contributed by atoms with Gasteiger partial charge in [-0.2, -0.15) is 5.10 Å². The van der Waals surface area contributed by atoms with Crippen LogP contribution in [0.1, 0.15) is 25.7 Å². The molecule has 0 atom stereocenters. The molecule has 0 saturated heterocycles. The number of nitrogens with zero attached hydrogens (tertiary/aromatic N) is 3. The molecule has 1 heterocycles. The Morgan fingerprint density at radius 2 is 2.10 bits per heavy atom. The molecule has 7 nitrogen and oxygen atoms in total. The van der Waals surface area contributed by atoms with E-state index in [4.69, 9.17) is 10.5 Å². The zero-order valence-electron chi connectivity index (χ0n) is 12.1. The van der Waals surface area contributed by atoms with Crippen LogP contribution < -0.4 is 10.5 Å². The molecular formula is C13H18N4O3S. The lowest BCUT2D eigenvalue weighted by molar-refractivity contribution is 0.403. The second-order valence-corrected chi connectivity index (χ2v) is 6.84. The molecule has 0 aliphatic rings. The van der Waals surface area contributed by atoms with E-state index in [1.807, 2.05) is 13.8 Å². The second-order valence-electron chi connectivity index (χ2n) is 4.88. The van der Waals surface area contributed by atoms with Crippen LogP contribution in [-0.2, 0) is 15.6 Å². The number of ether oxygens (including phenoxy) is 1. The van der Waals surface area contributed by atoms with Crippen molar-refractivity contribution in [2.75, 3.05) is 12.8 Å². The van der Waals surface area contributed by atoms with Gasteiger partial charge in [-0.3, -0.25) is 0 Å². The maximum Gasteiger partial charge on any atom is 0.189 e. The van der Waals surface area contributed by atoms with Crippen LogP contribution in [0.4, 0.5) is 5.69 Å². The summed E-state index contributed by atoms with van der Waals surface area (Å²) in [6.07, 6.45) is 1.35. The molecule has 0 aliphatic heterocycles. The molecule has 0 aliphatic carbocycles. The van der Waals surface area contributed by atoms with E-state index in [-0.39, 0.29) is 22.4 Å². The van der Waals surface area contributed by atoms with Crippen molar-refractivity contribution in [1.29, 1.82) is 0 Å². The maximum atomic E-state index is 12.6. The predicted octanol–water partition coefficient (Wildman–Crippen LogP) is 1.42. The minimum Gasteiger partial charge on any atom is -0.495 e. The van der Waals surface area contributed by atoms with Crippen molar-refractivity contribution >= 4 is 15.5 Å². The Morgan fingerprint density at radius 1 is 1.38 bits per heavy atom. The molecule has 0 radical (unpaired) electrons. The van der Waals surface area contributed by atoms with Crippen LogP contribution in [0.25, 0.3) is 0 Å². The van der Waals surface area contributed by atoms with Crippen LogP contribution in [0.2, 0.25) is 0 Å². The molecule has 0 bridgehead atoms. The fraction of sp³-hybridized carbons (Fsp3) is 0.385. The largest absolute Gasteiger partial charge is 0.495 e. The number of benzene rings is 1. The maximum absolute atomic E-state index is 12.6. The summed E-state index contributed by atoms with van der Waals surface area (Å²) in [6, 6.07) is 4.49. The van der Waals surface area contributed by atoms with Gasteiger partial charge in [-0.05, 0) is 26.0 Å². The Bertz CT molecular complexity index is 738. The van der Waals surface area contributed by atoms with E-state index >= 15 is 0 Å². The Hall–Kier alpha value is -2.09. The fourth-order valence-electron chi connectivity index (χ4n) is 2.00. The summed E-state index contributed by atoms with van der Waals surface area (Å²) in [7, 11) is -2.20.